The lowest BCUT2D eigenvalue weighted by molar-refractivity contribution is 1.17. The van der Waals surface area contributed by atoms with Crippen molar-refractivity contribution in [3.63, 3.8) is 0 Å². The topological polar surface area (TPSA) is 63.8 Å². The maximum absolute atomic E-state index is 5.84. The molecule has 3 N–H and O–H groups in total. The van der Waals surface area contributed by atoms with E-state index in [1.807, 2.05) is 30.3 Å². The SMILES string of the molecule is Nc1cnc(Cl)nc1Nc1cccc2ccccc12. The number of benzene rings is 2. The number of nitrogens with two attached hydrogens (primary N) is 1. The van der Waals surface area contributed by atoms with Gasteiger partial charge in [-0.2, -0.15) is 4.98 Å². The molecule has 5 heteroatoms. The number of fused-ring (bicyclic) bond motifs is 1. The van der Waals surface area contributed by atoms with Gasteiger partial charge in [-0.1, -0.05) is 36.4 Å². The van der Waals surface area contributed by atoms with Crippen molar-refractivity contribution < 1.29 is 0 Å². The minimum absolute atomic E-state index is 0.164. The van der Waals surface area contributed by atoms with Crippen LogP contribution in [0.2, 0.25) is 5.28 Å². The number of aromatic nitrogens is 2. The third-order valence-electron chi connectivity index (χ3n) is 2.83. The van der Waals surface area contributed by atoms with Crippen LogP contribution in [0.1, 0.15) is 0 Å². The average Bonchev–Trinajstić information content (AvgIpc) is 2.43. The first-order chi connectivity index (χ1) is 9.24. The lowest BCUT2D eigenvalue weighted by atomic mass is 10.1. The van der Waals surface area contributed by atoms with Crippen LogP contribution < -0.4 is 11.1 Å². The number of nitrogens with one attached hydrogen (secondary N) is 1. The molecule has 0 amide bonds. The summed E-state index contributed by atoms with van der Waals surface area (Å²) in [6.45, 7) is 0. The summed E-state index contributed by atoms with van der Waals surface area (Å²) >= 11 is 5.78. The van der Waals surface area contributed by atoms with Crippen LogP contribution in [0.3, 0.4) is 0 Å². The molecule has 0 aliphatic rings. The van der Waals surface area contributed by atoms with Crippen LogP contribution >= 0.6 is 11.6 Å². The molecule has 0 radical (unpaired) electrons. The highest BCUT2D eigenvalue weighted by molar-refractivity contribution is 6.28. The van der Waals surface area contributed by atoms with Gasteiger partial charge in [-0.15, -0.1) is 0 Å². The van der Waals surface area contributed by atoms with Crippen LogP contribution in [-0.4, -0.2) is 9.97 Å². The molecule has 0 atom stereocenters. The highest BCUT2D eigenvalue weighted by Crippen LogP contribution is 2.27. The maximum atomic E-state index is 5.84. The Balaban J connectivity index is 2.08. The van der Waals surface area contributed by atoms with Crippen molar-refractivity contribution in [1.29, 1.82) is 0 Å². The molecule has 0 bridgehead atoms. The number of hydrogen-bond acceptors (Lipinski definition) is 4. The van der Waals surface area contributed by atoms with E-state index in [1.54, 1.807) is 0 Å². The Morgan fingerprint density at radius 1 is 1.05 bits per heavy atom. The molecular weight excluding hydrogens is 260 g/mol. The summed E-state index contributed by atoms with van der Waals surface area (Å²) in [4.78, 5) is 7.93. The number of rotatable bonds is 2. The van der Waals surface area contributed by atoms with Crippen molar-refractivity contribution in [3.8, 4) is 0 Å². The zero-order valence-corrected chi connectivity index (χ0v) is 10.7. The zero-order valence-electron chi connectivity index (χ0n) is 9.97. The minimum Gasteiger partial charge on any atom is -0.394 e. The molecule has 0 saturated carbocycles. The Bertz CT molecular complexity index is 737. The molecule has 1 aromatic heterocycles. The van der Waals surface area contributed by atoms with Gasteiger partial charge in [0.15, 0.2) is 5.82 Å². The van der Waals surface area contributed by atoms with Crippen molar-refractivity contribution >= 4 is 39.6 Å². The second kappa shape index (κ2) is 4.74. The Morgan fingerprint density at radius 3 is 2.74 bits per heavy atom. The van der Waals surface area contributed by atoms with Gasteiger partial charge in [-0.05, 0) is 23.1 Å². The predicted molar refractivity (Wildman–Crippen MR) is 78.7 cm³/mol. The van der Waals surface area contributed by atoms with Crippen molar-refractivity contribution in [2.24, 2.45) is 0 Å². The maximum Gasteiger partial charge on any atom is 0.224 e. The van der Waals surface area contributed by atoms with Crippen LogP contribution in [0.15, 0.2) is 48.7 Å². The monoisotopic (exact) mass is 270 g/mol. The molecule has 19 heavy (non-hydrogen) atoms. The van der Waals surface area contributed by atoms with Crippen molar-refractivity contribution in [3.05, 3.63) is 53.9 Å². The molecule has 4 nitrogen and oxygen atoms in total. The van der Waals surface area contributed by atoms with Crippen molar-refractivity contribution in [1.82, 2.24) is 9.97 Å². The highest BCUT2D eigenvalue weighted by Gasteiger charge is 2.06. The molecule has 0 fully saturated rings. The summed E-state index contributed by atoms with van der Waals surface area (Å²) in [7, 11) is 0. The van der Waals surface area contributed by atoms with E-state index in [4.69, 9.17) is 17.3 Å². The van der Waals surface area contributed by atoms with Crippen LogP contribution in [0, 0.1) is 0 Å². The Kier molecular flexibility index (Phi) is 2.93. The molecule has 0 saturated heterocycles. The van der Waals surface area contributed by atoms with E-state index in [-0.39, 0.29) is 5.28 Å². The molecule has 0 unspecified atom stereocenters. The van der Waals surface area contributed by atoms with E-state index in [1.165, 1.54) is 6.20 Å². The van der Waals surface area contributed by atoms with E-state index in [9.17, 15) is 0 Å². The van der Waals surface area contributed by atoms with Gasteiger partial charge in [-0.3, -0.25) is 0 Å². The molecule has 1 heterocycles. The molecule has 0 aliphatic heterocycles. The first-order valence-corrected chi connectivity index (χ1v) is 6.14. The summed E-state index contributed by atoms with van der Waals surface area (Å²) in [6.07, 6.45) is 1.49. The van der Waals surface area contributed by atoms with Crippen molar-refractivity contribution in [2.45, 2.75) is 0 Å². The van der Waals surface area contributed by atoms with E-state index in [0.717, 1.165) is 16.5 Å². The Morgan fingerprint density at radius 2 is 1.84 bits per heavy atom. The summed E-state index contributed by atoms with van der Waals surface area (Å²) in [5.74, 6) is 0.511. The van der Waals surface area contributed by atoms with E-state index in [2.05, 4.69) is 27.4 Å². The van der Waals surface area contributed by atoms with E-state index in [0.29, 0.717) is 11.5 Å². The normalized spacial score (nSPS) is 10.6. The summed E-state index contributed by atoms with van der Waals surface area (Å²) in [5.41, 5.74) is 7.22. The third-order valence-corrected chi connectivity index (χ3v) is 3.01. The van der Waals surface area contributed by atoms with E-state index >= 15 is 0 Å². The highest BCUT2D eigenvalue weighted by atomic mass is 35.5. The fourth-order valence-corrected chi connectivity index (χ4v) is 2.07. The largest absolute Gasteiger partial charge is 0.394 e. The minimum atomic E-state index is 0.164. The summed E-state index contributed by atoms with van der Waals surface area (Å²) in [5, 5.41) is 5.60. The van der Waals surface area contributed by atoms with Gasteiger partial charge < -0.3 is 11.1 Å². The molecule has 3 aromatic rings. The van der Waals surface area contributed by atoms with E-state index < -0.39 is 0 Å². The lowest BCUT2D eigenvalue weighted by Crippen LogP contribution is -2.01. The quantitative estimate of drug-likeness (QED) is 0.698. The van der Waals surface area contributed by atoms with Gasteiger partial charge in [0.1, 0.15) is 0 Å². The fraction of sp³-hybridized carbons (Fsp3) is 0. The van der Waals surface area contributed by atoms with Crippen LogP contribution in [0.4, 0.5) is 17.2 Å². The second-order valence-electron chi connectivity index (χ2n) is 4.09. The molecule has 2 aromatic carbocycles. The summed E-state index contributed by atoms with van der Waals surface area (Å²) in [6, 6.07) is 14.1. The Hall–Kier alpha value is -2.33. The van der Waals surface area contributed by atoms with Gasteiger partial charge in [0.2, 0.25) is 5.28 Å². The van der Waals surface area contributed by atoms with Crippen LogP contribution in [-0.2, 0) is 0 Å². The number of hydrogen-bond donors (Lipinski definition) is 2. The molecule has 0 aliphatic carbocycles. The standard InChI is InChI=1S/C14H11ClN4/c15-14-17-8-11(16)13(19-14)18-12-7-3-5-9-4-1-2-6-10(9)12/h1-8H,16H2,(H,17,18,19). The fourth-order valence-electron chi connectivity index (χ4n) is 1.93. The predicted octanol–water partition coefficient (Wildman–Crippen LogP) is 3.61. The Labute approximate surface area is 115 Å². The van der Waals surface area contributed by atoms with Gasteiger partial charge >= 0.3 is 0 Å². The molecule has 94 valence electrons. The van der Waals surface area contributed by atoms with Crippen LogP contribution in [0.5, 0.6) is 0 Å². The van der Waals surface area contributed by atoms with Gasteiger partial charge in [-0.25, -0.2) is 4.98 Å². The smallest absolute Gasteiger partial charge is 0.224 e. The van der Waals surface area contributed by atoms with Gasteiger partial charge in [0.25, 0.3) is 0 Å². The molecular formula is C14H11ClN4. The third kappa shape index (κ3) is 2.30. The first kappa shape index (κ1) is 11.7. The average molecular weight is 271 g/mol. The first-order valence-electron chi connectivity index (χ1n) is 5.77. The second-order valence-corrected chi connectivity index (χ2v) is 4.43. The molecule has 3 rings (SSSR count). The van der Waals surface area contributed by atoms with Gasteiger partial charge in [0, 0.05) is 11.1 Å². The number of halogens is 1. The lowest BCUT2D eigenvalue weighted by Gasteiger charge is -2.10. The van der Waals surface area contributed by atoms with Crippen LogP contribution in [0.25, 0.3) is 10.8 Å². The number of anilines is 3. The number of nitrogen functional groups attached to an aromatic ring is 1. The van der Waals surface area contributed by atoms with Gasteiger partial charge in [0.05, 0.1) is 11.9 Å². The number of nitrogens with zero attached hydrogens (tertiary/aromatic N) is 2. The zero-order chi connectivity index (χ0) is 13.2. The summed E-state index contributed by atoms with van der Waals surface area (Å²) < 4.78 is 0. The molecule has 0 spiro atoms. The van der Waals surface area contributed by atoms with Crippen molar-refractivity contribution in [2.75, 3.05) is 11.1 Å².